The van der Waals surface area contributed by atoms with Gasteiger partial charge in [0.05, 0.1) is 11.1 Å². The standard InChI is InChI=1S/C19H18N2O4/c1-10-4-6-14-13(7-10)19(25-21-14)20-18(23)17-9-15(22)12-5-3-11(2)8-16(12)24-17/h3,5,8-10H,4,6-7H2,1-2H3,(H,20,23)/t10-/m1/s1. The van der Waals surface area contributed by atoms with Crippen LogP contribution in [0.1, 0.15) is 40.7 Å². The summed E-state index contributed by atoms with van der Waals surface area (Å²) in [5.74, 6) is 0.303. The summed E-state index contributed by atoms with van der Waals surface area (Å²) in [6.07, 6.45) is 2.72. The lowest BCUT2D eigenvalue weighted by Crippen LogP contribution is -2.17. The molecule has 0 fully saturated rings. The van der Waals surface area contributed by atoms with Gasteiger partial charge in [-0.25, -0.2) is 0 Å². The van der Waals surface area contributed by atoms with Gasteiger partial charge >= 0.3 is 0 Å². The fourth-order valence-electron chi connectivity index (χ4n) is 3.22. The quantitative estimate of drug-likeness (QED) is 0.773. The normalized spacial score (nSPS) is 16.6. The number of fused-ring (bicyclic) bond motifs is 2. The van der Waals surface area contributed by atoms with Gasteiger partial charge in [0.2, 0.25) is 5.88 Å². The zero-order valence-corrected chi connectivity index (χ0v) is 14.1. The molecule has 1 aromatic carbocycles. The van der Waals surface area contributed by atoms with E-state index < -0.39 is 5.91 Å². The molecular formula is C19H18N2O4. The highest BCUT2D eigenvalue weighted by Gasteiger charge is 2.25. The summed E-state index contributed by atoms with van der Waals surface area (Å²) >= 11 is 0. The predicted molar refractivity (Wildman–Crippen MR) is 92.9 cm³/mol. The highest BCUT2D eigenvalue weighted by Crippen LogP contribution is 2.30. The second-order valence-electron chi connectivity index (χ2n) is 6.71. The third kappa shape index (κ3) is 2.84. The largest absolute Gasteiger partial charge is 0.451 e. The van der Waals surface area contributed by atoms with E-state index in [1.54, 1.807) is 12.1 Å². The molecule has 1 aliphatic carbocycles. The Morgan fingerprint density at radius 2 is 2.16 bits per heavy atom. The van der Waals surface area contributed by atoms with E-state index in [1.807, 2.05) is 13.0 Å². The molecule has 1 N–H and O–H groups in total. The Kier molecular flexibility index (Phi) is 3.67. The molecule has 1 atom stereocenters. The first-order valence-corrected chi connectivity index (χ1v) is 8.34. The van der Waals surface area contributed by atoms with Gasteiger partial charge in [0.1, 0.15) is 5.58 Å². The van der Waals surface area contributed by atoms with Gasteiger partial charge < -0.3 is 8.94 Å². The summed E-state index contributed by atoms with van der Waals surface area (Å²) in [6, 6.07) is 6.48. The minimum Gasteiger partial charge on any atom is -0.451 e. The summed E-state index contributed by atoms with van der Waals surface area (Å²) in [4.78, 5) is 24.7. The fraction of sp³-hybridized carbons (Fsp3) is 0.316. The number of rotatable bonds is 2. The van der Waals surface area contributed by atoms with Crippen molar-refractivity contribution >= 4 is 22.8 Å². The minimum atomic E-state index is -0.516. The third-order valence-electron chi connectivity index (χ3n) is 4.63. The molecule has 3 aromatic rings. The van der Waals surface area contributed by atoms with Crippen molar-refractivity contribution in [3.63, 3.8) is 0 Å². The number of hydrogen-bond acceptors (Lipinski definition) is 5. The van der Waals surface area contributed by atoms with Gasteiger partial charge in [0.25, 0.3) is 5.91 Å². The van der Waals surface area contributed by atoms with Crippen LogP contribution in [0.4, 0.5) is 5.88 Å². The molecule has 25 heavy (non-hydrogen) atoms. The van der Waals surface area contributed by atoms with E-state index in [2.05, 4.69) is 17.4 Å². The third-order valence-corrected chi connectivity index (χ3v) is 4.63. The van der Waals surface area contributed by atoms with E-state index >= 15 is 0 Å². The zero-order valence-electron chi connectivity index (χ0n) is 14.1. The van der Waals surface area contributed by atoms with Crippen molar-refractivity contribution in [1.82, 2.24) is 5.16 Å². The van der Waals surface area contributed by atoms with Crippen molar-refractivity contribution in [2.45, 2.75) is 33.1 Å². The molecule has 6 nitrogen and oxygen atoms in total. The van der Waals surface area contributed by atoms with Crippen molar-refractivity contribution < 1.29 is 13.7 Å². The molecule has 128 valence electrons. The Labute approximate surface area is 143 Å². The smallest absolute Gasteiger partial charge is 0.293 e. The molecule has 2 aromatic heterocycles. The molecule has 0 saturated heterocycles. The lowest BCUT2D eigenvalue weighted by atomic mass is 9.89. The SMILES string of the molecule is Cc1ccc2c(=O)cc(C(=O)Nc3onc4c3C[C@H](C)CC4)oc2c1. The lowest BCUT2D eigenvalue weighted by molar-refractivity contribution is 0.0994. The molecule has 0 aliphatic heterocycles. The van der Waals surface area contributed by atoms with Crippen molar-refractivity contribution in [2.24, 2.45) is 5.92 Å². The van der Waals surface area contributed by atoms with Crippen molar-refractivity contribution in [1.29, 1.82) is 0 Å². The van der Waals surface area contributed by atoms with Crippen molar-refractivity contribution in [3.05, 3.63) is 57.1 Å². The van der Waals surface area contributed by atoms with Crippen LogP contribution in [0.2, 0.25) is 0 Å². The molecule has 6 heteroatoms. The number of carbonyl (C=O) groups excluding carboxylic acids is 1. The number of benzene rings is 1. The number of anilines is 1. The van der Waals surface area contributed by atoms with Gasteiger partial charge in [-0.15, -0.1) is 0 Å². The summed E-state index contributed by atoms with van der Waals surface area (Å²) in [5, 5.41) is 7.18. The Hall–Kier alpha value is -2.89. The molecule has 4 rings (SSSR count). The molecule has 0 saturated carbocycles. The number of aryl methyl sites for hydroxylation is 2. The first kappa shape index (κ1) is 15.6. The summed E-state index contributed by atoms with van der Waals surface area (Å²) < 4.78 is 10.9. The number of amides is 1. The van der Waals surface area contributed by atoms with E-state index in [4.69, 9.17) is 8.94 Å². The molecular weight excluding hydrogens is 320 g/mol. The predicted octanol–water partition coefficient (Wildman–Crippen LogP) is 3.47. The Bertz CT molecular complexity index is 1030. The van der Waals surface area contributed by atoms with Crippen LogP contribution in [0.25, 0.3) is 11.0 Å². The summed E-state index contributed by atoms with van der Waals surface area (Å²) in [5.41, 5.74) is 2.92. The molecule has 0 spiro atoms. The van der Waals surface area contributed by atoms with Gasteiger partial charge in [-0.05, 0) is 49.8 Å². The number of carbonyl (C=O) groups is 1. The second kappa shape index (κ2) is 5.88. The lowest BCUT2D eigenvalue weighted by Gasteiger charge is -2.16. The van der Waals surface area contributed by atoms with Crippen LogP contribution in [0.3, 0.4) is 0 Å². The van der Waals surface area contributed by atoms with Crippen LogP contribution in [-0.4, -0.2) is 11.1 Å². The van der Waals surface area contributed by atoms with E-state index in [0.717, 1.165) is 36.1 Å². The average Bonchev–Trinajstić information content (AvgIpc) is 2.96. The first-order valence-electron chi connectivity index (χ1n) is 8.34. The van der Waals surface area contributed by atoms with Crippen molar-refractivity contribution in [3.8, 4) is 0 Å². The molecule has 1 amide bonds. The number of nitrogens with zero attached hydrogens (tertiary/aromatic N) is 1. The van der Waals surface area contributed by atoms with E-state index in [-0.39, 0.29) is 11.2 Å². The highest BCUT2D eigenvalue weighted by atomic mass is 16.5. The maximum Gasteiger partial charge on any atom is 0.293 e. The van der Waals surface area contributed by atoms with Gasteiger partial charge in [0.15, 0.2) is 11.2 Å². The summed E-state index contributed by atoms with van der Waals surface area (Å²) in [7, 11) is 0. The number of hydrogen-bond donors (Lipinski definition) is 1. The van der Waals surface area contributed by atoms with Crippen LogP contribution >= 0.6 is 0 Å². The maximum atomic E-state index is 12.5. The van der Waals surface area contributed by atoms with Crippen molar-refractivity contribution in [2.75, 3.05) is 5.32 Å². The summed E-state index contributed by atoms with van der Waals surface area (Å²) in [6.45, 7) is 4.06. The maximum absolute atomic E-state index is 12.5. The highest BCUT2D eigenvalue weighted by molar-refractivity contribution is 6.02. The van der Waals surface area contributed by atoms with Gasteiger partial charge in [0, 0.05) is 11.6 Å². The number of aromatic nitrogens is 1. The van der Waals surface area contributed by atoms with E-state index in [0.29, 0.717) is 22.8 Å². The van der Waals surface area contributed by atoms with E-state index in [9.17, 15) is 9.59 Å². The Morgan fingerprint density at radius 1 is 1.32 bits per heavy atom. The van der Waals surface area contributed by atoms with E-state index in [1.165, 1.54) is 6.07 Å². The second-order valence-corrected chi connectivity index (χ2v) is 6.71. The first-order chi connectivity index (χ1) is 12.0. The van der Waals surface area contributed by atoms with Crippen LogP contribution in [0.5, 0.6) is 0 Å². The van der Waals surface area contributed by atoms with Crippen LogP contribution in [0.15, 0.2) is 38.0 Å². The van der Waals surface area contributed by atoms with Crippen LogP contribution < -0.4 is 10.7 Å². The number of nitrogens with one attached hydrogen (secondary N) is 1. The molecule has 0 radical (unpaired) electrons. The monoisotopic (exact) mass is 338 g/mol. The molecule has 0 unspecified atom stereocenters. The van der Waals surface area contributed by atoms with Gasteiger partial charge in [-0.2, -0.15) is 0 Å². The zero-order chi connectivity index (χ0) is 17.6. The molecule has 1 aliphatic rings. The molecule has 0 bridgehead atoms. The average molecular weight is 338 g/mol. The van der Waals surface area contributed by atoms with Gasteiger partial charge in [-0.3, -0.25) is 14.9 Å². The van der Waals surface area contributed by atoms with Crippen LogP contribution in [-0.2, 0) is 12.8 Å². The topological polar surface area (TPSA) is 85.3 Å². The minimum absolute atomic E-state index is 0.0443. The Morgan fingerprint density at radius 3 is 3.00 bits per heavy atom. The molecule has 2 heterocycles. The van der Waals surface area contributed by atoms with Crippen LogP contribution in [0, 0.1) is 12.8 Å². The fourth-order valence-corrected chi connectivity index (χ4v) is 3.22. The Balaban J connectivity index is 1.67. The van der Waals surface area contributed by atoms with Gasteiger partial charge in [-0.1, -0.05) is 18.1 Å².